The van der Waals surface area contributed by atoms with Crippen LogP contribution in [-0.2, 0) is 9.53 Å². The van der Waals surface area contributed by atoms with Crippen molar-refractivity contribution >= 4 is 22.6 Å². The Morgan fingerprint density at radius 1 is 1.12 bits per heavy atom. The third-order valence-corrected chi connectivity index (χ3v) is 3.56. The van der Waals surface area contributed by atoms with Gasteiger partial charge in [-0.3, -0.25) is 9.59 Å². The van der Waals surface area contributed by atoms with Gasteiger partial charge >= 0.3 is 5.97 Å². The maximum atomic E-state index is 12.2. The van der Waals surface area contributed by atoms with Gasteiger partial charge in [0.05, 0.1) is 30.4 Å². The van der Waals surface area contributed by atoms with Gasteiger partial charge in [-0.1, -0.05) is 18.2 Å². The third-order valence-electron chi connectivity index (χ3n) is 3.56. The van der Waals surface area contributed by atoms with Crippen LogP contribution in [0.2, 0.25) is 0 Å². The van der Waals surface area contributed by atoms with Crippen molar-refractivity contribution < 1.29 is 14.3 Å². The van der Waals surface area contributed by atoms with Crippen molar-refractivity contribution in [1.29, 1.82) is 10.5 Å². The summed E-state index contributed by atoms with van der Waals surface area (Å²) in [5, 5.41) is 23.8. The fraction of sp³-hybridized carbons (Fsp3) is 0.294. The largest absolute Gasteiger partial charge is 0.451 e. The van der Waals surface area contributed by atoms with E-state index in [-0.39, 0.29) is 37.0 Å². The van der Waals surface area contributed by atoms with E-state index in [9.17, 15) is 14.4 Å². The molecule has 1 aromatic heterocycles. The summed E-state index contributed by atoms with van der Waals surface area (Å²) in [6.45, 7) is -0.256. The van der Waals surface area contributed by atoms with Crippen LogP contribution in [0.5, 0.6) is 0 Å². The van der Waals surface area contributed by atoms with E-state index < -0.39 is 24.0 Å². The molecule has 1 aromatic carbocycles. The number of H-pyrrole nitrogens is 1. The molecule has 2 rings (SSSR count). The number of rotatable bonds is 7. The summed E-state index contributed by atoms with van der Waals surface area (Å²) in [7, 11) is 0. The maximum absolute atomic E-state index is 12.2. The van der Waals surface area contributed by atoms with Gasteiger partial charge in [0.25, 0.3) is 11.5 Å². The highest BCUT2D eigenvalue weighted by Gasteiger charge is 2.19. The number of hydrogen-bond acceptors (Lipinski definition) is 7. The van der Waals surface area contributed by atoms with Gasteiger partial charge in [0.1, 0.15) is 0 Å². The number of aromatic amines is 1. The molecule has 0 aliphatic rings. The topological polar surface area (TPSA) is 140 Å². The van der Waals surface area contributed by atoms with E-state index in [0.717, 1.165) is 0 Å². The van der Waals surface area contributed by atoms with E-state index in [1.807, 2.05) is 12.1 Å². The summed E-state index contributed by atoms with van der Waals surface area (Å²) in [4.78, 5) is 37.4. The molecule has 1 amide bonds. The first-order valence-electron chi connectivity index (χ1n) is 7.74. The van der Waals surface area contributed by atoms with E-state index in [0.29, 0.717) is 5.39 Å². The van der Waals surface area contributed by atoms with Gasteiger partial charge in [-0.25, -0.2) is 9.89 Å². The Hall–Kier alpha value is -3.72. The van der Waals surface area contributed by atoms with Crippen molar-refractivity contribution in [2.45, 2.75) is 12.8 Å². The number of carbonyl (C=O) groups is 2. The predicted molar refractivity (Wildman–Crippen MR) is 89.7 cm³/mol. The van der Waals surface area contributed by atoms with Crippen LogP contribution in [0.4, 0.5) is 0 Å². The molecule has 0 saturated carbocycles. The molecule has 1 N–H and O–H groups in total. The van der Waals surface area contributed by atoms with E-state index in [4.69, 9.17) is 15.3 Å². The number of nitriles is 2. The highest BCUT2D eigenvalue weighted by Crippen LogP contribution is 2.13. The fourth-order valence-corrected chi connectivity index (χ4v) is 2.29. The molecule has 0 aliphatic carbocycles. The van der Waals surface area contributed by atoms with Crippen molar-refractivity contribution in [3.63, 3.8) is 0 Å². The Bertz CT molecular complexity index is 936. The first kappa shape index (κ1) is 18.6. The van der Waals surface area contributed by atoms with Crippen LogP contribution in [-0.4, -0.2) is 46.7 Å². The molecule has 0 fully saturated rings. The van der Waals surface area contributed by atoms with Crippen LogP contribution in [0.3, 0.4) is 0 Å². The summed E-state index contributed by atoms with van der Waals surface area (Å²) in [5.74, 6) is -1.37. The first-order valence-corrected chi connectivity index (χ1v) is 7.74. The number of benzene rings is 1. The molecular formula is C17H15N5O4. The summed E-state index contributed by atoms with van der Waals surface area (Å²) in [6, 6.07) is 10.2. The summed E-state index contributed by atoms with van der Waals surface area (Å²) >= 11 is 0. The van der Waals surface area contributed by atoms with Gasteiger partial charge in [-0.15, -0.1) is 0 Å². The van der Waals surface area contributed by atoms with Gasteiger partial charge in [-0.2, -0.15) is 15.6 Å². The second kappa shape index (κ2) is 8.94. The minimum atomic E-state index is -0.855. The average molecular weight is 353 g/mol. The van der Waals surface area contributed by atoms with Crippen LogP contribution in [0.25, 0.3) is 10.8 Å². The molecule has 2 aromatic rings. The number of esters is 1. The molecule has 0 aliphatic heterocycles. The van der Waals surface area contributed by atoms with Gasteiger partial charge < -0.3 is 9.64 Å². The van der Waals surface area contributed by atoms with Crippen LogP contribution in [0, 0.1) is 22.7 Å². The van der Waals surface area contributed by atoms with E-state index in [1.54, 1.807) is 24.3 Å². The summed E-state index contributed by atoms with van der Waals surface area (Å²) in [5.41, 5.74) is -0.541. The summed E-state index contributed by atoms with van der Waals surface area (Å²) in [6.07, 6.45) is 0.217. The predicted octanol–water partition coefficient (Wildman–Crippen LogP) is 0.736. The molecule has 26 heavy (non-hydrogen) atoms. The van der Waals surface area contributed by atoms with Crippen molar-refractivity contribution in [1.82, 2.24) is 15.1 Å². The second-order valence-electron chi connectivity index (χ2n) is 5.22. The second-order valence-corrected chi connectivity index (χ2v) is 5.22. The number of carbonyl (C=O) groups excluding carboxylic acids is 2. The SMILES string of the molecule is N#CCCN(CCC#N)C(=O)COC(=O)c1n[nH]c(=O)c2ccccc12. The number of hydrogen-bond donors (Lipinski definition) is 1. The van der Waals surface area contributed by atoms with Crippen molar-refractivity contribution in [2.24, 2.45) is 0 Å². The average Bonchev–Trinajstić information content (AvgIpc) is 2.66. The zero-order valence-corrected chi connectivity index (χ0v) is 13.8. The van der Waals surface area contributed by atoms with E-state index >= 15 is 0 Å². The molecule has 0 bridgehead atoms. The number of nitrogens with zero attached hydrogens (tertiary/aromatic N) is 4. The minimum Gasteiger partial charge on any atom is -0.451 e. The molecule has 0 saturated heterocycles. The zero-order chi connectivity index (χ0) is 18.9. The number of amides is 1. The highest BCUT2D eigenvalue weighted by atomic mass is 16.5. The lowest BCUT2D eigenvalue weighted by Gasteiger charge is -2.20. The zero-order valence-electron chi connectivity index (χ0n) is 13.8. The van der Waals surface area contributed by atoms with Gasteiger partial charge in [0.2, 0.25) is 0 Å². The van der Waals surface area contributed by atoms with E-state index in [2.05, 4.69) is 10.2 Å². The number of ether oxygens (including phenoxy) is 1. The van der Waals surface area contributed by atoms with Gasteiger partial charge in [-0.05, 0) is 6.07 Å². The highest BCUT2D eigenvalue weighted by molar-refractivity contribution is 6.02. The van der Waals surface area contributed by atoms with Crippen molar-refractivity contribution in [3.05, 3.63) is 40.3 Å². The first-order chi connectivity index (χ1) is 12.6. The third kappa shape index (κ3) is 4.42. The number of aromatic nitrogens is 2. The van der Waals surface area contributed by atoms with Crippen LogP contribution >= 0.6 is 0 Å². The Balaban J connectivity index is 2.09. The van der Waals surface area contributed by atoms with Crippen LogP contribution in [0.15, 0.2) is 29.1 Å². The molecule has 0 unspecified atom stereocenters. The lowest BCUT2D eigenvalue weighted by atomic mass is 10.1. The molecule has 9 nitrogen and oxygen atoms in total. The molecule has 1 heterocycles. The summed E-state index contributed by atoms with van der Waals surface area (Å²) < 4.78 is 5.00. The Morgan fingerprint density at radius 2 is 1.73 bits per heavy atom. The monoisotopic (exact) mass is 353 g/mol. The molecule has 0 atom stereocenters. The maximum Gasteiger partial charge on any atom is 0.359 e. The normalized spacial score (nSPS) is 9.92. The van der Waals surface area contributed by atoms with Crippen LogP contribution < -0.4 is 5.56 Å². The fourth-order valence-electron chi connectivity index (χ4n) is 2.29. The Morgan fingerprint density at radius 3 is 2.35 bits per heavy atom. The smallest absolute Gasteiger partial charge is 0.359 e. The molecular weight excluding hydrogens is 338 g/mol. The van der Waals surface area contributed by atoms with Gasteiger partial charge in [0.15, 0.2) is 12.3 Å². The Labute approximate surface area is 148 Å². The van der Waals surface area contributed by atoms with Gasteiger partial charge in [0, 0.05) is 18.5 Å². The lowest BCUT2D eigenvalue weighted by molar-refractivity contribution is -0.134. The molecule has 9 heteroatoms. The Kier molecular flexibility index (Phi) is 6.40. The van der Waals surface area contributed by atoms with Crippen molar-refractivity contribution in [2.75, 3.05) is 19.7 Å². The number of fused-ring (bicyclic) bond motifs is 1. The molecule has 132 valence electrons. The van der Waals surface area contributed by atoms with E-state index in [1.165, 1.54) is 4.90 Å². The van der Waals surface area contributed by atoms with Crippen molar-refractivity contribution in [3.8, 4) is 12.1 Å². The van der Waals surface area contributed by atoms with Crippen LogP contribution in [0.1, 0.15) is 23.3 Å². The molecule has 0 radical (unpaired) electrons. The number of nitrogens with one attached hydrogen (secondary N) is 1. The lowest BCUT2D eigenvalue weighted by Crippen LogP contribution is -2.36. The quantitative estimate of drug-likeness (QED) is 0.724. The molecule has 0 spiro atoms. The standard InChI is InChI=1S/C17H15N5O4/c18-7-3-9-22(10-4-8-19)14(23)11-26-17(25)15-12-5-1-2-6-13(12)16(24)21-20-15/h1-2,5-6H,3-4,9-11H2,(H,21,24). The minimum absolute atomic E-state index is 0.103.